The number of halogens is 1. The third-order valence-electron chi connectivity index (χ3n) is 10.1. The first-order valence-electron chi connectivity index (χ1n) is 16.0. The van der Waals surface area contributed by atoms with Crippen LogP contribution in [0.2, 0.25) is 0 Å². The van der Waals surface area contributed by atoms with E-state index >= 15 is 0 Å². The normalized spacial score (nSPS) is 23.2. The molecule has 1 saturated carbocycles. The lowest BCUT2D eigenvalue weighted by atomic mass is 9.80. The van der Waals surface area contributed by atoms with Gasteiger partial charge >= 0.3 is 5.97 Å². The van der Waals surface area contributed by atoms with Gasteiger partial charge in [-0.25, -0.2) is 4.39 Å². The van der Waals surface area contributed by atoms with Gasteiger partial charge in [-0.05, 0) is 80.4 Å². The summed E-state index contributed by atoms with van der Waals surface area (Å²) in [5.74, 6) is 0.529. The van der Waals surface area contributed by atoms with Gasteiger partial charge in [0, 0.05) is 50.1 Å². The maximum Gasteiger partial charge on any atom is 0.320 e. The lowest BCUT2D eigenvalue weighted by Crippen LogP contribution is -2.43. The Morgan fingerprint density at radius 2 is 1.81 bits per heavy atom. The molecule has 1 aromatic heterocycles. The summed E-state index contributed by atoms with van der Waals surface area (Å²) in [6.45, 7) is 7.46. The molecule has 0 unspecified atom stereocenters. The summed E-state index contributed by atoms with van der Waals surface area (Å²) in [6.07, 6.45) is 7.29. The van der Waals surface area contributed by atoms with E-state index in [0.29, 0.717) is 18.4 Å². The summed E-state index contributed by atoms with van der Waals surface area (Å²) in [4.78, 5) is 17.1. The summed E-state index contributed by atoms with van der Waals surface area (Å²) in [7, 11) is 0. The molecule has 42 heavy (non-hydrogen) atoms. The van der Waals surface area contributed by atoms with E-state index in [1.54, 1.807) is 12.1 Å². The summed E-state index contributed by atoms with van der Waals surface area (Å²) in [5.41, 5.74) is 4.78. The van der Waals surface area contributed by atoms with E-state index in [1.165, 1.54) is 23.7 Å². The average molecular weight is 573 g/mol. The van der Waals surface area contributed by atoms with E-state index in [2.05, 4.69) is 57.8 Å². The van der Waals surface area contributed by atoms with Gasteiger partial charge in [0.25, 0.3) is 0 Å². The first-order chi connectivity index (χ1) is 20.5. The van der Waals surface area contributed by atoms with Crippen LogP contribution in [0.25, 0.3) is 0 Å². The van der Waals surface area contributed by atoms with Crippen molar-refractivity contribution in [2.45, 2.75) is 76.3 Å². The molecule has 2 saturated heterocycles. The van der Waals surface area contributed by atoms with Crippen LogP contribution in [0.1, 0.15) is 79.8 Å². The van der Waals surface area contributed by atoms with Gasteiger partial charge in [-0.15, -0.1) is 0 Å². The number of rotatable bonds is 11. The van der Waals surface area contributed by atoms with Crippen LogP contribution in [0.3, 0.4) is 0 Å². The standard InChI is InChI=1S/C35H45FN4O2/c1-2-40-33(21-31(37-40)18-25-8-4-3-5-9-25)27-14-16-38(17-15-27)22-29-23-39(34(35(41)42)19-26-10-6-11-26)24-32(29)28-12-7-13-30(36)20-28/h3-5,7-9,12-13,20-21,26-27,29,32,34H,2,6,10-11,14-19,22-24H2,1H3,(H,41,42)/t29-,32+,34+/m0/s1. The van der Waals surface area contributed by atoms with Crippen molar-refractivity contribution in [3.8, 4) is 0 Å². The zero-order valence-electron chi connectivity index (χ0n) is 24.9. The number of aliphatic carboxylic acids is 1. The Morgan fingerprint density at radius 1 is 1.02 bits per heavy atom. The predicted molar refractivity (Wildman–Crippen MR) is 163 cm³/mol. The van der Waals surface area contributed by atoms with Gasteiger partial charge in [0.15, 0.2) is 0 Å². The molecular weight excluding hydrogens is 527 g/mol. The van der Waals surface area contributed by atoms with Crippen molar-refractivity contribution in [2.24, 2.45) is 11.8 Å². The Bertz CT molecular complexity index is 1330. The predicted octanol–water partition coefficient (Wildman–Crippen LogP) is 6.17. The van der Waals surface area contributed by atoms with Gasteiger partial charge in [0.05, 0.1) is 5.69 Å². The summed E-state index contributed by atoms with van der Waals surface area (Å²) >= 11 is 0. The highest BCUT2D eigenvalue weighted by Crippen LogP contribution is 2.39. The second-order valence-corrected chi connectivity index (χ2v) is 12.9. The highest BCUT2D eigenvalue weighted by atomic mass is 19.1. The molecule has 0 bridgehead atoms. The molecule has 3 aliphatic rings. The number of benzene rings is 2. The van der Waals surface area contributed by atoms with Crippen LogP contribution < -0.4 is 0 Å². The summed E-state index contributed by atoms with van der Waals surface area (Å²) in [6, 6.07) is 19.4. The van der Waals surface area contributed by atoms with Crippen LogP contribution in [0.4, 0.5) is 4.39 Å². The fourth-order valence-electron chi connectivity index (χ4n) is 7.61. The molecule has 7 heteroatoms. The van der Waals surface area contributed by atoms with Gasteiger partial charge < -0.3 is 10.0 Å². The summed E-state index contributed by atoms with van der Waals surface area (Å²) < 4.78 is 16.5. The SMILES string of the molecule is CCn1nc(Cc2ccccc2)cc1C1CCN(C[C@H]2CN([C@H](CC3CCC3)C(=O)O)C[C@@H]2c2cccc(F)c2)CC1. The fourth-order valence-corrected chi connectivity index (χ4v) is 7.61. The van der Waals surface area contributed by atoms with Crippen LogP contribution in [0.5, 0.6) is 0 Å². The van der Waals surface area contributed by atoms with Gasteiger partial charge in [-0.1, -0.05) is 61.7 Å². The van der Waals surface area contributed by atoms with Crippen molar-refractivity contribution in [3.63, 3.8) is 0 Å². The van der Waals surface area contributed by atoms with Crippen molar-refractivity contribution in [3.05, 3.63) is 89.0 Å². The molecular formula is C35H45FN4O2. The molecule has 3 atom stereocenters. The highest BCUT2D eigenvalue weighted by Gasteiger charge is 2.41. The molecule has 6 nitrogen and oxygen atoms in total. The Hall–Kier alpha value is -3.03. The monoisotopic (exact) mass is 572 g/mol. The van der Waals surface area contributed by atoms with Gasteiger partial charge in [-0.2, -0.15) is 5.10 Å². The van der Waals surface area contributed by atoms with Crippen LogP contribution in [-0.4, -0.2) is 69.4 Å². The van der Waals surface area contributed by atoms with Gasteiger partial charge in [-0.3, -0.25) is 14.4 Å². The molecule has 3 heterocycles. The summed E-state index contributed by atoms with van der Waals surface area (Å²) in [5, 5.41) is 15.1. The van der Waals surface area contributed by atoms with Crippen LogP contribution in [0.15, 0.2) is 60.7 Å². The third kappa shape index (κ3) is 6.63. The van der Waals surface area contributed by atoms with Crippen LogP contribution >= 0.6 is 0 Å². The minimum atomic E-state index is -0.708. The van der Waals surface area contributed by atoms with E-state index in [9.17, 15) is 14.3 Å². The zero-order chi connectivity index (χ0) is 29.1. The van der Waals surface area contributed by atoms with Crippen LogP contribution in [0, 0.1) is 17.7 Å². The second kappa shape index (κ2) is 13.1. The topological polar surface area (TPSA) is 61.6 Å². The minimum absolute atomic E-state index is 0.142. The first-order valence-corrected chi connectivity index (χ1v) is 16.0. The highest BCUT2D eigenvalue weighted by molar-refractivity contribution is 5.73. The van der Waals surface area contributed by atoms with E-state index < -0.39 is 12.0 Å². The van der Waals surface area contributed by atoms with Crippen molar-refractivity contribution in [2.75, 3.05) is 32.7 Å². The number of hydrogen-bond donors (Lipinski definition) is 1. The Kier molecular flexibility index (Phi) is 9.06. The van der Waals surface area contributed by atoms with Gasteiger partial charge in [0.2, 0.25) is 0 Å². The molecule has 0 spiro atoms. The Labute approximate surface area is 249 Å². The minimum Gasteiger partial charge on any atom is -0.480 e. The smallest absolute Gasteiger partial charge is 0.320 e. The zero-order valence-corrected chi connectivity index (χ0v) is 24.9. The molecule has 0 radical (unpaired) electrons. The first kappa shape index (κ1) is 29.1. The molecule has 6 rings (SSSR count). The van der Waals surface area contributed by atoms with Crippen LogP contribution in [-0.2, 0) is 17.8 Å². The Balaban J connectivity index is 1.12. The van der Waals surface area contributed by atoms with Crippen molar-refractivity contribution in [1.29, 1.82) is 0 Å². The lowest BCUT2D eigenvalue weighted by molar-refractivity contribution is -0.144. The number of carbonyl (C=O) groups is 1. The number of piperidine rings is 1. The number of hydrogen-bond acceptors (Lipinski definition) is 4. The molecule has 0 amide bonds. The van der Waals surface area contributed by atoms with E-state index in [1.807, 2.05) is 6.07 Å². The molecule has 1 N–H and O–H groups in total. The molecule has 224 valence electrons. The van der Waals surface area contributed by atoms with Gasteiger partial charge in [0.1, 0.15) is 11.9 Å². The number of aryl methyl sites for hydroxylation is 1. The van der Waals surface area contributed by atoms with E-state index in [4.69, 9.17) is 5.10 Å². The number of likely N-dealkylation sites (tertiary alicyclic amines) is 2. The van der Waals surface area contributed by atoms with E-state index in [-0.39, 0.29) is 17.7 Å². The number of nitrogens with zero attached hydrogens (tertiary/aromatic N) is 4. The Morgan fingerprint density at radius 3 is 2.48 bits per heavy atom. The molecule has 3 fully saturated rings. The molecule has 2 aliphatic heterocycles. The number of carboxylic acid groups (broad SMARTS) is 1. The third-order valence-corrected chi connectivity index (χ3v) is 10.1. The van der Waals surface area contributed by atoms with Crippen molar-refractivity contribution < 1.29 is 14.3 Å². The number of carboxylic acids is 1. The second-order valence-electron chi connectivity index (χ2n) is 12.9. The van der Waals surface area contributed by atoms with Crippen molar-refractivity contribution >= 4 is 5.97 Å². The molecule has 2 aromatic carbocycles. The van der Waals surface area contributed by atoms with E-state index in [0.717, 1.165) is 82.5 Å². The molecule has 3 aromatic rings. The quantitative estimate of drug-likeness (QED) is 0.298. The largest absolute Gasteiger partial charge is 0.480 e. The number of aromatic nitrogens is 2. The lowest BCUT2D eigenvalue weighted by Gasteiger charge is -2.35. The average Bonchev–Trinajstić information content (AvgIpc) is 3.57. The maximum atomic E-state index is 14.3. The van der Waals surface area contributed by atoms with Crippen molar-refractivity contribution in [1.82, 2.24) is 19.6 Å². The fraction of sp³-hybridized carbons (Fsp3) is 0.543. The molecule has 1 aliphatic carbocycles. The maximum absolute atomic E-state index is 14.3.